The molecule has 0 amide bonds. The molecule has 74 heavy (non-hydrogen) atoms. The zero-order valence-electron chi connectivity index (χ0n) is 47.7. The molecule has 0 N–H and O–H groups in total. The van der Waals surface area contributed by atoms with Gasteiger partial charge < -0.3 is 19.9 Å². The first-order valence-electron chi connectivity index (χ1n) is 26.7. The molecule has 0 spiro atoms. The van der Waals surface area contributed by atoms with E-state index in [-0.39, 0.29) is 51.3 Å². The fraction of sp³-hybridized carbons (Fsp3) is 0.125. The molecule has 6 aromatic heterocycles. The molecule has 0 aliphatic heterocycles. The van der Waals surface area contributed by atoms with Gasteiger partial charge in [-0.25, -0.2) is 0 Å². The number of hydrogen-bond donors (Lipinski definition) is 0. The van der Waals surface area contributed by atoms with E-state index >= 15 is 0 Å². The number of nitrogens with zero attached hydrogens (tertiary/aromatic N) is 4. The Morgan fingerprint density at radius 2 is 0.959 bits per heavy atom. The van der Waals surface area contributed by atoms with Gasteiger partial charge in [0.25, 0.3) is 0 Å². The van der Waals surface area contributed by atoms with Crippen LogP contribution in [0.5, 0.6) is 0 Å². The van der Waals surface area contributed by atoms with Gasteiger partial charge in [0.2, 0.25) is 0 Å². The van der Waals surface area contributed by atoms with Gasteiger partial charge >= 0.3 is 0 Å². The molecule has 10 heteroatoms. The summed E-state index contributed by atoms with van der Waals surface area (Å²) in [7, 11) is -3.04. The Labute approximate surface area is 482 Å². The molecule has 0 atom stereocenters. The molecular formula is C64H56Ir2N4S2Si2-4. The summed E-state index contributed by atoms with van der Waals surface area (Å²) in [6.45, 7) is 9.90. The predicted octanol–water partition coefficient (Wildman–Crippen LogP) is 16.6. The van der Waals surface area contributed by atoms with E-state index in [0.29, 0.717) is 0 Å². The topological polar surface area (TPSA) is 51.6 Å². The second kappa shape index (κ2) is 25.1. The molecule has 6 heterocycles. The largest absolute Gasteiger partial charge is 0.305 e. The Morgan fingerprint density at radius 1 is 0.419 bits per heavy atom. The minimum atomic E-state index is -2.14. The van der Waals surface area contributed by atoms with Gasteiger partial charge in [0.1, 0.15) is 0 Å². The minimum Gasteiger partial charge on any atom is -0.305 e. The fourth-order valence-corrected chi connectivity index (χ4v) is 14.2. The fourth-order valence-electron chi connectivity index (χ4n) is 8.39. The number of fused-ring (bicyclic) bond motifs is 6. The Morgan fingerprint density at radius 3 is 1.47 bits per heavy atom. The van der Waals surface area contributed by atoms with Gasteiger partial charge in [0.05, 0.1) is 8.07 Å². The first kappa shape index (κ1) is 47.8. The number of benzene rings is 6. The zero-order valence-corrected chi connectivity index (χ0v) is 50.2. The summed E-state index contributed by atoms with van der Waals surface area (Å²) >= 11 is 3.53. The molecule has 0 bridgehead atoms. The van der Waals surface area contributed by atoms with Crippen LogP contribution in [0.25, 0.3) is 85.4 Å². The van der Waals surface area contributed by atoms with Crippen LogP contribution in [0, 0.1) is 38.0 Å². The zero-order chi connectivity index (χ0) is 55.2. The van der Waals surface area contributed by atoms with Crippen molar-refractivity contribution in [2.45, 2.75) is 53.0 Å². The van der Waals surface area contributed by atoms with Crippen molar-refractivity contribution in [1.82, 2.24) is 19.9 Å². The first-order valence-corrected chi connectivity index (χ1v) is 32.3. The van der Waals surface area contributed by atoms with Gasteiger partial charge in [-0.2, -0.15) is 22.7 Å². The molecule has 374 valence electrons. The molecular weight excluding hydrogens is 1330 g/mol. The van der Waals surface area contributed by atoms with Crippen molar-refractivity contribution in [3.05, 3.63) is 230 Å². The van der Waals surface area contributed by atoms with Crippen LogP contribution < -0.4 is 10.4 Å². The molecule has 12 rings (SSSR count). The van der Waals surface area contributed by atoms with Gasteiger partial charge in [-0.05, 0) is 92.0 Å². The summed E-state index contributed by atoms with van der Waals surface area (Å²) in [6.07, 6.45) is 6.49. The molecule has 0 saturated carbocycles. The van der Waals surface area contributed by atoms with Crippen molar-refractivity contribution >= 4 is 89.5 Å². The van der Waals surface area contributed by atoms with Gasteiger partial charge in [0.15, 0.2) is 0 Å². The molecule has 6 aromatic carbocycles. The third-order valence-electron chi connectivity index (χ3n) is 11.9. The van der Waals surface area contributed by atoms with Gasteiger partial charge in [0, 0.05) is 90.7 Å². The van der Waals surface area contributed by atoms with E-state index in [2.05, 4.69) is 138 Å². The summed E-state index contributed by atoms with van der Waals surface area (Å²) in [6, 6.07) is 68.6. The summed E-state index contributed by atoms with van der Waals surface area (Å²) in [4.78, 5) is 17.3. The third-order valence-corrected chi connectivity index (χ3v) is 18.3. The quantitative estimate of drug-likeness (QED) is 0.123. The average molecular weight is 1390 g/mol. The van der Waals surface area contributed by atoms with E-state index in [1.807, 2.05) is 91.0 Å². The summed E-state index contributed by atoms with van der Waals surface area (Å²) < 4.78 is 50.1. The molecule has 0 aliphatic carbocycles. The number of hydrogen-bond acceptors (Lipinski definition) is 6. The smallest absolute Gasteiger partial charge is 0.0783 e. The maximum absolute atomic E-state index is 7.54. The van der Waals surface area contributed by atoms with E-state index in [0.717, 1.165) is 49.7 Å². The van der Waals surface area contributed by atoms with Gasteiger partial charge in [-0.15, -0.1) is 118 Å². The SMILES string of the molecule is [2H]C([2H])([2H])c1ccc(-c2[c-]cc([Si](C)(C)C)c3c2sc2ccccc23)nc1.[2H]C([2H])([2H])c1ccc(-c2[c-]ccc3c2sc2cccc([Si](C)(C)C)c23)nc1.[Ir].[Ir].[c-]1ccccc1-c1ccccn1.[c-]1ccccc1-c1ccccn1. The monoisotopic (exact) mass is 1390 g/mol. The van der Waals surface area contributed by atoms with Crippen molar-refractivity contribution in [3.8, 4) is 45.0 Å². The Hall–Kier alpha value is -5.91. The molecule has 0 saturated heterocycles. The third kappa shape index (κ3) is 13.1. The number of pyridine rings is 4. The van der Waals surface area contributed by atoms with E-state index < -0.39 is 29.9 Å². The van der Waals surface area contributed by atoms with Crippen LogP contribution in [0.15, 0.2) is 195 Å². The summed E-state index contributed by atoms with van der Waals surface area (Å²) in [5.41, 5.74) is 7.95. The summed E-state index contributed by atoms with van der Waals surface area (Å²) in [5.74, 6) is 0. The molecule has 0 unspecified atom stereocenters. The van der Waals surface area contributed by atoms with Crippen LogP contribution in [-0.4, -0.2) is 36.1 Å². The Kier molecular flexibility index (Phi) is 16.2. The number of rotatable bonds is 6. The maximum atomic E-state index is 7.54. The molecule has 12 aromatic rings. The van der Waals surface area contributed by atoms with Crippen LogP contribution in [0.3, 0.4) is 0 Å². The van der Waals surface area contributed by atoms with E-state index in [1.165, 1.54) is 58.4 Å². The van der Waals surface area contributed by atoms with Crippen molar-refractivity contribution in [2.24, 2.45) is 0 Å². The summed E-state index contributed by atoms with van der Waals surface area (Å²) in [5, 5.41) is 8.05. The van der Waals surface area contributed by atoms with E-state index in [1.54, 1.807) is 59.3 Å². The average Bonchev–Trinajstić information content (AvgIpc) is 4.18. The van der Waals surface area contributed by atoms with Crippen LogP contribution >= 0.6 is 22.7 Å². The van der Waals surface area contributed by atoms with Gasteiger partial charge in [-0.3, -0.25) is 0 Å². The van der Waals surface area contributed by atoms with Crippen molar-refractivity contribution in [2.75, 3.05) is 0 Å². The normalized spacial score (nSPS) is 12.6. The van der Waals surface area contributed by atoms with E-state index in [9.17, 15) is 0 Å². The van der Waals surface area contributed by atoms with Crippen LogP contribution in [0.4, 0.5) is 0 Å². The Balaban J connectivity index is 0.000000163. The standard InChI is InChI=1S/2C21H20NSSi.2C11H8N.2Ir/c1-14-11-12-17(22-13-14)15-7-5-8-16-20-18(23-21(15)16)9-6-10-19(20)24(2,3)4;1-14-9-11-17(22-13-14)15-10-12-19(24(2,3)4)20-16-7-5-6-8-18(16)23-21(15)20;2*1-2-6-10(7-3-1)11-8-4-5-9-12-11;;/h5-6,8-13H,1-4H3;5-9,11-13H,1-4H3;2*1-6,8-9H;;/q4*-1;;/i2*1D3;;;;. The first-order chi connectivity index (χ1) is 37.3. The Bertz CT molecular complexity index is 3800. The number of aromatic nitrogens is 4. The number of thiophene rings is 2. The molecule has 2 radical (unpaired) electrons. The van der Waals surface area contributed by atoms with Gasteiger partial charge in [-0.1, -0.05) is 134 Å². The van der Waals surface area contributed by atoms with Crippen LogP contribution in [0.1, 0.15) is 19.4 Å². The maximum Gasteiger partial charge on any atom is 0.0783 e. The van der Waals surface area contributed by atoms with Crippen molar-refractivity contribution in [3.63, 3.8) is 0 Å². The second-order valence-corrected chi connectivity index (χ2v) is 31.3. The van der Waals surface area contributed by atoms with Crippen LogP contribution in [0.2, 0.25) is 39.3 Å². The number of aryl methyl sites for hydroxylation is 2. The second-order valence-electron chi connectivity index (χ2n) is 19.1. The van der Waals surface area contributed by atoms with Crippen molar-refractivity contribution in [1.29, 1.82) is 0 Å². The molecule has 0 aliphatic rings. The molecule has 0 fully saturated rings. The molecule has 4 nitrogen and oxygen atoms in total. The van der Waals surface area contributed by atoms with E-state index in [4.69, 9.17) is 8.22 Å². The van der Waals surface area contributed by atoms with Crippen molar-refractivity contribution < 1.29 is 48.4 Å². The predicted molar refractivity (Wildman–Crippen MR) is 315 cm³/mol. The minimum absolute atomic E-state index is 0. The van der Waals surface area contributed by atoms with Crippen LogP contribution in [-0.2, 0) is 40.2 Å².